The third kappa shape index (κ3) is 7.46. The molecule has 1 aliphatic heterocycles. The number of nitrogens with zero attached hydrogens (tertiary/aromatic N) is 1. The van der Waals surface area contributed by atoms with Gasteiger partial charge in [0.2, 0.25) is 0 Å². The first-order chi connectivity index (χ1) is 15.5. The van der Waals surface area contributed by atoms with Gasteiger partial charge in [0.1, 0.15) is 0 Å². The second-order valence-electron chi connectivity index (χ2n) is 9.41. The number of carbonyl (C=O) groups excluding carboxylic acids is 1. The Morgan fingerprint density at radius 2 is 1.97 bits per heavy atom. The molecule has 0 spiro atoms. The molecule has 0 radical (unpaired) electrons. The zero-order valence-electron chi connectivity index (χ0n) is 19.7. The maximum absolute atomic E-state index is 11.9. The molecule has 2 heterocycles. The summed E-state index contributed by atoms with van der Waals surface area (Å²) in [5.74, 6) is 0. The lowest BCUT2D eigenvalue weighted by Crippen LogP contribution is -2.41. The topological polar surface area (TPSA) is 81.2 Å². The van der Waals surface area contributed by atoms with Gasteiger partial charge >= 0.3 is 6.09 Å². The van der Waals surface area contributed by atoms with E-state index in [-0.39, 0.29) is 11.1 Å². The first-order valence-electron chi connectivity index (χ1n) is 11.0. The Morgan fingerprint density at radius 1 is 1.24 bits per heavy atom. The lowest BCUT2D eigenvalue weighted by atomic mass is 10.0. The highest BCUT2D eigenvalue weighted by atomic mass is 35.5. The van der Waals surface area contributed by atoms with Crippen LogP contribution in [0.5, 0.6) is 5.06 Å². The summed E-state index contributed by atoms with van der Waals surface area (Å²) in [6.07, 6.45) is -0.165. The zero-order chi connectivity index (χ0) is 24.1. The summed E-state index contributed by atoms with van der Waals surface area (Å²) in [6.45, 7) is 13.0. The second kappa shape index (κ2) is 10.9. The van der Waals surface area contributed by atoms with Gasteiger partial charge in [0.05, 0.1) is 23.2 Å². The number of hydrogen-bond donors (Lipinski definition) is 2. The standard InChI is InChI=1S/C23H32ClN3O4SSi/c1-23(2,3)33(4,5)29-13-12-25-17-8-6-16(7-9-17)19-14-18(31-27-19)15-26-22(28)30-21-11-10-20(24)32-21/h6-11,18,25H,12-15H2,1-5H3,(H,26,28). The smallest absolute Gasteiger partial charge is 0.413 e. The highest BCUT2D eigenvalue weighted by molar-refractivity contribution is 7.17. The van der Waals surface area contributed by atoms with Gasteiger partial charge in [0, 0.05) is 18.7 Å². The van der Waals surface area contributed by atoms with Crippen molar-refractivity contribution in [2.75, 3.05) is 25.0 Å². The normalized spacial score (nSPS) is 16.2. The molecule has 1 amide bonds. The first kappa shape index (κ1) is 25.5. The van der Waals surface area contributed by atoms with Crippen LogP contribution < -0.4 is 15.4 Å². The molecule has 2 aromatic rings. The molecule has 0 saturated heterocycles. The predicted molar refractivity (Wildman–Crippen MR) is 137 cm³/mol. The molecule has 0 aliphatic carbocycles. The average molecular weight is 510 g/mol. The SMILES string of the molecule is CC(C)(C)[Si](C)(C)OCCNc1ccc(C2=NOC(CNC(=O)Oc3ccc(Cl)s3)C2)cc1. The van der Waals surface area contributed by atoms with E-state index in [2.05, 4.69) is 49.7 Å². The maximum atomic E-state index is 11.9. The molecule has 1 aromatic heterocycles. The van der Waals surface area contributed by atoms with E-state index in [1.165, 1.54) is 11.3 Å². The summed E-state index contributed by atoms with van der Waals surface area (Å²) in [4.78, 5) is 17.4. The number of amides is 1. The van der Waals surface area contributed by atoms with Crippen LogP contribution in [0.3, 0.4) is 0 Å². The van der Waals surface area contributed by atoms with Gasteiger partial charge in [-0.15, -0.1) is 0 Å². The van der Waals surface area contributed by atoms with E-state index >= 15 is 0 Å². The minimum absolute atomic E-state index is 0.213. The van der Waals surface area contributed by atoms with Gasteiger partial charge < -0.3 is 24.6 Å². The third-order valence-electron chi connectivity index (χ3n) is 5.87. The summed E-state index contributed by atoms with van der Waals surface area (Å²) in [6, 6.07) is 11.4. The summed E-state index contributed by atoms with van der Waals surface area (Å²) < 4.78 is 11.9. The summed E-state index contributed by atoms with van der Waals surface area (Å²) in [5.41, 5.74) is 2.89. The third-order valence-corrected chi connectivity index (χ3v) is 11.5. The quantitative estimate of drug-likeness (QED) is 0.314. The zero-order valence-corrected chi connectivity index (χ0v) is 22.3. The van der Waals surface area contributed by atoms with Crippen molar-refractivity contribution in [2.24, 2.45) is 5.16 Å². The van der Waals surface area contributed by atoms with Crippen LogP contribution in [-0.2, 0) is 9.26 Å². The van der Waals surface area contributed by atoms with Crippen LogP contribution in [0.25, 0.3) is 0 Å². The van der Waals surface area contributed by atoms with Crippen molar-refractivity contribution >= 4 is 48.7 Å². The van der Waals surface area contributed by atoms with E-state index in [4.69, 9.17) is 25.6 Å². The fraction of sp³-hybridized carbons (Fsp3) is 0.478. The largest absolute Gasteiger partial charge is 0.415 e. The second-order valence-corrected chi connectivity index (χ2v) is 15.9. The van der Waals surface area contributed by atoms with E-state index in [1.54, 1.807) is 12.1 Å². The Morgan fingerprint density at radius 3 is 2.61 bits per heavy atom. The average Bonchev–Trinajstić information content (AvgIpc) is 3.38. The van der Waals surface area contributed by atoms with Gasteiger partial charge in [-0.25, -0.2) is 4.79 Å². The van der Waals surface area contributed by atoms with E-state index < -0.39 is 14.4 Å². The summed E-state index contributed by atoms with van der Waals surface area (Å²) in [7, 11) is -1.72. The van der Waals surface area contributed by atoms with E-state index in [1.807, 2.05) is 24.3 Å². The molecule has 33 heavy (non-hydrogen) atoms. The number of thiophene rings is 1. The van der Waals surface area contributed by atoms with Crippen molar-refractivity contribution in [2.45, 2.75) is 51.4 Å². The Labute approximate surface area is 205 Å². The lowest BCUT2D eigenvalue weighted by Gasteiger charge is -2.36. The lowest BCUT2D eigenvalue weighted by molar-refractivity contribution is 0.0846. The number of nitrogens with one attached hydrogen (secondary N) is 2. The molecule has 180 valence electrons. The molecule has 10 heteroatoms. The number of anilines is 1. The molecule has 0 saturated carbocycles. The minimum Gasteiger partial charge on any atom is -0.415 e. The highest BCUT2D eigenvalue weighted by Gasteiger charge is 2.36. The van der Waals surface area contributed by atoms with Crippen molar-refractivity contribution < 1.29 is 18.8 Å². The fourth-order valence-electron chi connectivity index (χ4n) is 2.88. The van der Waals surface area contributed by atoms with Gasteiger partial charge in [0.15, 0.2) is 19.5 Å². The van der Waals surface area contributed by atoms with Gasteiger partial charge in [-0.05, 0) is 48.0 Å². The first-order valence-corrected chi connectivity index (χ1v) is 15.1. The van der Waals surface area contributed by atoms with Crippen LogP contribution in [0.4, 0.5) is 10.5 Å². The molecule has 1 aromatic carbocycles. The molecule has 7 nitrogen and oxygen atoms in total. The van der Waals surface area contributed by atoms with Crippen molar-refractivity contribution in [3.05, 3.63) is 46.3 Å². The van der Waals surface area contributed by atoms with Crippen LogP contribution in [0.1, 0.15) is 32.8 Å². The molecule has 0 bridgehead atoms. The van der Waals surface area contributed by atoms with E-state index in [0.29, 0.717) is 29.0 Å². The molecule has 1 atom stereocenters. The number of benzene rings is 1. The monoisotopic (exact) mass is 509 g/mol. The maximum Gasteiger partial charge on any atom is 0.413 e. The van der Waals surface area contributed by atoms with Crippen molar-refractivity contribution in [1.29, 1.82) is 0 Å². The fourth-order valence-corrected chi connectivity index (χ4v) is 4.80. The van der Waals surface area contributed by atoms with Crippen LogP contribution >= 0.6 is 22.9 Å². The number of carbonyl (C=O) groups is 1. The van der Waals surface area contributed by atoms with Crippen LogP contribution in [-0.4, -0.2) is 45.9 Å². The Hall–Kier alpha value is -2.07. The number of rotatable bonds is 9. The van der Waals surface area contributed by atoms with Crippen LogP contribution in [0.2, 0.25) is 22.5 Å². The number of hydrogen-bond acceptors (Lipinski definition) is 7. The molecule has 3 rings (SSSR count). The van der Waals surface area contributed by atoms with Gasteiger partial charge in [-0.2, -0.15) is 0 Å². The van der Waals surface area contributed by atoms with Crippen molar-refractivity contribution in [1.82, 2.24) is 5.32 Å². The van der Waals surface area contributed by atoms with Crippen LogP contribution in [0, 0.1) is 0 Å². The van der Waals surface area contributed by atoms with E-state index in [9.17, 15) is 4.79 Å². The van der Waals surface area contributed by atoms with Gasteiger partial charge in [-0.1, -0.05) is 61.0 Å². The van der Waals surface area contributed by atoms with Gasteiger partial charge in [-0.3, -0.25) is 0 Å². The Kier molecular flexibility index (Phi) is 8.44. The molecule has 0 fully saturated rings. The Bertz CT molecular complexity index is 973. The summed E-state index contributed by atoms with van der Waals surface area (Å²) >= 11 is 7.03. The molecular weight excluding hydrogens is 478 g/mol. The number of halogens is 1. The molecule has 2 N–H and O–H groups in total. The van der Waals surface area contributed by atoms with E-state index in [0.717, 1.165) is 23.5 Å². The summed E-state index contributed by atoms with van der Waals surface area (Å²) in [5, 5.41) is 10.9. The molecular formula is C23H32ClN3O4SSi. The Balaban J connectivity index is 1.38. The number of ether oxygens (including phenoxy) is 1. The minimum atomic E-state index is -1.72. The highest BCUT2D eigenvalue weighted by Crippen LogP contribution is 2.36. The molecule has 1 unspecified atom stereocenters. The van der Waals surface area contributed by atoms with Gasteiger partial charge in [0.25, 0.3) is 0 Å². The molecule has 1 aliphatic rings. The predicted octanol–water partition coefficient (Wildman–Crippen LogP) is 6.12. The van der Waals surface area contributed by atoms with Crippen molar-refractivity contribution in [3.8, 4) is 5.06 Å². The van der Waals surface area contributed by atoms with Crippen molar-refractivity contribution in [3.63, 3.8) is 0 Å². The van der Waals surface area contributed by atoms with Crippen LogP contribution in [0.15, 0.2) is 41.6 Å². The number of oxime groups is 1.